The fourth-order valence-corrected chi connectivity index (χ4v) is 4.11. The number of anilines is 2. The van der Waals surface area contributed by atoms with Gasteiger partial charge in [-0.15, -0.1) is 0 Å². The van der Waals surface area contributed by atoms with E-state index in [0.29, 0.717) is 23.4 Å². The van der Waals surface area contributed by atoms with Crippen molar-refractivity contribution in [3.8, 4) is 0 Å². The smallest absolute Gasteiger partial charge is 0.262 e. The lowest BCUT2D eigenvalue weighted by Crippen LogP contribution is -2.36. The number of nitrogens with two attached hydrogens (primary N) is 1. The molecule has 0 saturated carbocycles. The summed E-state index contributed by atoms with van der Waals surface area (Å²) < 4.78 is 27.9. The van der Waals surface area contributed by atoms with Gasteiger partial charge in [0.25, 0.3) is 10.0 Å². The van der Waals surface area contributed by atoms with E-state index in [1.54, 1.807) is 61.2 Å². The van der Waals surface area contributed by atoms with Crippen molar-refractivity contribution >= 4 is 39.1 Å². The van der Waals surface area contributed by atoms with Crippen molar-refractivity contribution < 1.29 is 13.2 Å². The Bertz CT molecular complexity index is 855. The summed E-state index contributed by atoms with van der Waals surface area (Å²) in [5.41, 5.74) is 7.30. The lowest BCUT2D eigenvalue weighted by Gasteiger charge is -2.14. The van der Waals surface area contributed by atoms with Gasteiger partial charge in [-0.25, -0.2) is 8.42 Å². The zero-order chi connectivity index (χ0) is 19.2. The van der Waals surface area contributed by atoms with Crippen LogP contribution in [-0.4, -0.2) is 32.4 Å². The maximum Gasteiger partial charge on any atom is 0.262 e. The van der Waals surface area contributed by atoms with Gasteiger partial charge in [0.2, 0.25) is 5.91 Å². The topological polar surface area (TPSA) is 101 Å². The van der Waals surface area contributed by atoms with Crippen LogP contribution >= 0.6 is 11.8 Å². The molecule has 0 bridgehead atoms. The summed E-state index contributed by atoms with van der Waals surface area (Å²) in [6, 6.07) is 12.8. The highest BCUT2D eigenvalue weighted by Gasteiger charge is 2.19. The molecule has 2 aromatic carbocycles. The maximum absolute atomic E-state index is 12.7. The van der Waals surface area contributed by atoms with Crippen molar-refractivity contribution in [3.05, 3.63) is 54.1 Å². The molecule has 0 heterocycles. The second-order valence-electron chi connectivity index (χ2n) is 5.83. The second-order valence-corrected chi connectivity index (χ2v) is 8.47. The normalized spacial score (nSPS) is 12.4. The number of thioether (sulfide) groups is 1. The summed E-state index contributed by atoms with van der Waals surface area (Å²) in [4.78, 5) is 12.3. The van der Waals surface area contributed by atoms with E-state index in [-0.39, 0.29) is 10.8 Å². The Balaban J connectivity index is 2.20. The molecule has 0 aliphatic heterocycles. The number of aryl methyl sites for hydroxylation is 1. The monoisotopic (exact) mass is 393 g/mol. The fraction of sp³-hybridized carbons (Fsp3) is 0.278. The average Bonchev–Trinajstić information content (AvgIpc) is 2.61. The third-order valence-corrected chi connectivity index (χ3v) is 5.91. The number of rotatable bonds is 8. The maximum atomic E-state index is 12.7. The Morgan fingerprint density at radius 1 is 1.15 bits per heavy atom. The molecule has 140 valence electrons. The first-order chi connectivity index (χ1) is 12.3. The van der Waals surface area contributed by atoms with Crippen LogP contribution in [0.4, 0.5) is 11.4 Å². The number of hydrogen-bond acceptors (Lipinski definition) is 5. The van der Waals surface area contributed by atoms with Crippen molar-refractivity contribution in [3.63, 3.8) is 0 Å². The summed E-state index contributed by atoms with van der Waals surface area (Å²) in [6.45, 7) is 1.70. The third kappa shape index (κ3) is 5.48. The summed E-state index contributed by atoms with van der Waals surface area (Å²) in [6.07, 6.45) is 2.50. The van der Waals surface area contributed by atoms with E-state index in [2.05, 4.69) is 10.0 Å². The van der Waals surface area contributed by atoms with E-state index >= 15 is 0 Å². The number of hydrogen-bond donors (Lipinski definition) is 3. The molecule has 1 amide bonds. The molecule has 0 spiro atoms. The van der Waals surface area contributed by atoms with E-state index < -0.39 is 16.1 Å². The zero-order valence-electron chi connectivity index (χ0n) is 14.7. The first kappa shape index (κ1) is 20.3. The first-order valence-electron chi connectivity index (χ1n) is 8.07. The van der Waals surface area contributed by atoms with Gasteiger partial charge in [0.05, 0.1) is 10.9 Å². The average molecular weight is 394 g/mol. The molecular weight excluding hydrogens is 370 g/mol. The molecular formula is C18H23N3O3S2. The summed E-state index contributed by atoms with van der Waals surface area (Å²) in [7, 11) is -3.77. The third-order valence-electron chi connectivity index (χ3n) is 3.74. The Hall–Kier alpha value is -2.03. The Morgan fingerprint density at radius 2 is 1.85 bits per heavy atom. The molecule has 6 nitrogen and oxygen atoms in total. The molecule has 0 fully saturated rings. The number of sulfonamides is 1. The molecule has 0 unspecified atom stereocenters. The van der Waals surface area contributed by atoms with Gasteiger partial charge in [-0.2, -0.15) is 11.8 Å². The Morgan fingerprint density at radius 3 is 2.50 bits per heavy atom. The van der Waals surface area contributed by atoms with Gasteiger partial charge in [0, 0.05) is 11.4 Å². The quantitative estimate of drug-likeness (QED) is 0.640. The van der Waals surface area contributed by atoms with Gasteiger partial charge < -0.3 is 11.1 Å². The SMILES string of the molecule is CSCC[C@H](N)C(=O)Nc1ccc(C)c(S(=O)(=O)Nc2ccccc2)c1. The van der Waals surface area contributed by atoms with Gasteiger partial charge >= 0.3 is 0 Å². The van der Waals surface area contributed by atoms with Crippen LogP contribution in [0.15, 0.2) is 53.4 Å². The Labute approximate surface area is 158 Å². The van der Waals surface area contributed by atoms with Crippen molar-refractivity contribution in [2.45, 2.75) is 24.3 Å². The fourth-order valence-electron chi connectivity index (χ4n) is 2.29. The van der Waals surface area contributed by atoms with E-state index in [9.17, 15) is 13.2 Å². The van der Waals surface area contributed by atoms with Crippen molar-refractivity contribution in [2.24, 2.45) is 5.73 Å². The van der Waals surface area contributed by atoms with E-state index in [1.165, 1.54) is 6.07 Å². The summed E-state index contributed by atoms with van der Waals surface area (Å²) >= 11 is 1.61. The minimum atomic E-state index is -3.77. The molecule has 2 aromatic rings. The number of nitrogens with one attached hydrogen (secondary N) is 2. The highest BCUT2D eigenvalue weighted by Crippen LogP contribution is 2.23. The molecule has 0 aliphatic carbocycles. The van der Waals surface area contributed by atoms with Crippen LogP contribution in [0.1, 0.15) is 12.0 Å². The van der Waals surface area contributed by atoms with Crippen LogP contribution in [0, 0.1) is 6.92 Å². The number of carbonyl (C=O) groups excluding carboxylic acids is 1. The molecule has 1 atom stereocenters. The molecule has 0 radical (unpaired) electrons. The number of benzene rings is 2. The number of para-hydroxylation sites is 1. The molecule has 4 N–H and O–H groups in total. The Kier molecular flexibility index (Phi) is 7.07. The van der Waals surface area contributed by atoms with Crippen LogP contribution in [-0.2, 0) is 14.8 Å². The van der Waals surface area contributed by atoms with Gasteiger partial charge in [0.15, 0.2) is 0 Å². The molecule has 0 aliphatic rings. The predicted octanol–water partition coefficient (Wildman–Crippen LogP) is 2.81. The van der Waals surface area contributed by atoms with Crippen molar-refractivity contribution in [2.75, 3.05) is 22.0 Å². The zero-order valence-corrected chi connectivity index (χ0v) is 16.4. The van der Waals surface area contributed by atoms with Gasteiger partial charge in [0.1, 0.15) is 0 Å². The van der Waals surface area contributed by atoms with Crippen LogP contribution < -0.4 is 15.8 Å². The van der Waals surface area contributed by atoms with Crippen LogP contribution in [0.3, 0.4) is 0 Å². The number of carbonyl (C=O) groups is 1. The largest absolute Gasteiger partial charge is 0.325 e. The van der Waals surface area contributed by atoms with Crippen LogP contribution in [0.2, 0.25) is 0 Å². The van der Waals surface area contributed by atoms with Crippen LogP contribution in [0.25, 0.3) is 0 Å². The molecule has 0 aromatic heterocycles. The minimum Gasteiger partial charge on any atom is -0.325 e. The highest BCUT2D eigenvalue weighted by atomic mass is 32.2. The summed E-state index contributed by atoms with van der Waals surface area (Å²) in [5, 5.41) is 2.69. The van der Waals surface area contributed by atoms with Gasteiger partial charge in [-0.1, -0.05) is 24.3 Å². The first-order valence-corrected chi connectivity index (χ1v) is 10.9. The molecule has 8 heteroatoms. The lowest BCUT2D eigenvalue weighted by atomic mass is 10.2. The lowest BCUT2D eigenvalue weighted by molar-refractivity contribution is -0.117. The highest BCUT2D eigenvalue weighted by molar-refractivity contribution is 7.98. The molecule has 2 rings (SSSR count). The van der Waals surface area contributed by atoms with Gasteiger partial charge in [-0.05, 0) is 55.2 Å². The summed E-state index contributed by atoms with van der Waals surface area (Å²) in [5.74, 6) is 0.450. The standard InChI is InChI=1S/C18H23N3O3S2/c1-13-8-9-15(20-18(22)16(19)10-11-25-2)12-17(13)26(23,24)21-14-6-4-3-5-7-14/h3-9,12,16,21H,10-11,19H2,1-2H3,(H,20,22)/t16-/m0/s1. The van der Waals surface area contributed by atoms with E-state index in [0.717, 1.165) is 5.75 Å². The predicted molar refractivity (Wildman–Crippen MR) is 108 cm³/mol. The van der Waals surface area contributed by atoms with Crippen molar-refractivity contribution in [1.82, 2.24) is 0 Å². The van der Waals surface area contributed by atoms with Crippen molar-refractivity contribution in [1.29, 1.82) is 0 Å². The van der Waals surface area contributed by atoms with E-state index in [4.69, 9.17) is 5.73 Å². The molecule has 0 saturated heterocycles. The second kappa shape index (κ2) is 9.07. The minimum absolute atomic E-state index is 0.108. The van der Waals surface area contributed by atoms with E-state index in [1.807, 2.05) is 6.26 Å². The molecule has 26 heavy (non-hydrogen) atoms. The van der Waals surface area contributed by atoms with Crippen LogP contribution in [0.5, 0.6) is 0 Å². The number of amides is 1. The van der Waals surface area contributed by atoms with Gasteiger partial charge in [-0.3, -0.25) is 9.52 Å².